The summed E-state index contributed by atoms with van der Waals surface area (Å²) in [5.74, 6) is -0.265. The first-order valence-electron chi connectivity index (χ1n) is 3.24. The first-order valence-corrected chi connectivity index (χ1v) is 4.04. The smallest absolute Gasteiger partial charge is 0.263 e. The summed E-state index contributed by atoms with van der Waals surface area (Å²) in [6.07, 6.45) is 6.36. The first kappa shape index (κ1) is 8.86. The van der Waals surface area contributed by atoms with Gasteiger partial charge in [0, 0.05) is 16.9 Å². The number of hydrazine groups is 2. The molecular formula is C7H8BrN3O. The van der Waals surface area contributed by atoms with Gasteiger partial charge < -0.3 is 0 Å². The van der Waals surface area contributed by atoms with Crippen LogP contribution in [-0.4, -0.2) is 11.0 Å². The zero-order valence-electron chi connectivity index (χ0n) is 6.25. The van der Waals surface area contributed by atoms with Crippen LogP contribution in [0.2, 0.25) is 0 Å². The zero-order valence-corrected chi connectivity index (χ0v) is 7.84. The topological polar surface area (TPSA) is 44.4 Å². The Labute approximate surface area is 78.7 Å². The van der Waals surface area contributed by atoms with Gasteiger partial charge in [-0.05, 0) is 28.1 Å². The lowest BCUT2D eigenvalue weighted by Gasteiger charge is -2.22. The molecule has 0 aliphatic carbocycles. The number of carbonyl (C=O) groups excluding carboxylic acids is 1. The molecule has 0 saturated heterocycles. The molecule has 1 rings (SSSR count). The van der Waals surface area contributed by atoms with E-state index in [1.165, 1.54) is 11.2 Å². The average molecular weight is 230 g/mol. The first-order chi connectivity index (χ1) is 5.72. The van der Waals surface area contributed by atoms with Crippen LogP contribution in [0.5, 0.6) is 0 Å². The Hall–Kier alpha value is -1.23. The molecule has 1 heterocycles. The van der Waals surface area contributed by atoms with Crippen LogP contribution >= 0.6 is 15.9 Å². The lowest BCUT2D eigenvalue weighted by atomic mass is 10.5. The Bertz CT molecular complexity index is 259. The number of hydrogen-bond acceptors (Lipinski definition) is 3. The van der Waals surface area contributed by atoms with Crippen molar-refractivity contribution in [1.29, 1.82) is 0 Å². The zero-order chi connectivity index (χ0) is 8.97. The highest BCUT2D eigenvalue weighted by Gasteiger charge is 2.02. The molecule has 0 aromatic heterocycles. The monoisotopic (exact) mass is 229 g/mol. The standard InChI is InChI=1S/C7H8BrN3O/c1-2-7(12)10-11-4-3-6(8)5-9-11/h2-5,9H,1H2,(H,10,12). The molecule has 0 aromatic rings. The summed E-state index contributed by atoms with van der Waals surface area (Å²) in [5.41, 5.74) is 5.29. The van der Waals surface area contributed by atoms with Crippen molar-refractivity contribution >= 4 is 21.8 Å². The number of hydrogen-bond donors (Lipinski definition) is 2. The molecule has 4 nitrogen and oxygen atoms in total. The number of carbonyl (C=O) groups is 1. The van der Waals surface area contributed by atoms with Crippen LogP contribution < -0.4 is 10.9 Å². The highest BCUT2D eigenvalue weighted by Crippen LogP contribution is 2.07. The molecule has 0 radical (unpaired) electrons. The second-order valence-corrected chi connectivity index (χ2v) is 2.94. The molecule has 1 aliphatic rings. The second-order valence-electron chi connectivity index (χ2n) is 2.02. The Balaban J connectivity index is 2.43. The maximum atomic E-state index is 10.8. The van der Waals surface area contributed by atoms with Crippen LogP contribution in [0.4, 0.5) is 0 Å². The van der Waals surface area contributed by atoms with Gasteiger partial charge in [0.15, 0.2) is 0 Å². The molecule has 0 atom stereocenters. The summed E-state index contributed by atoms with van der Waals surface area (Å²) in [6, 6.07) is 0. The average Bonchev–Trinajstić information content (AvgIpc) is 2.09. The van der Waals surface area contributed by atoms with E-state index < -0.39 is 0 Å². The van der Waals surface area contributed by atoms with Crippen LogP contribution in [0.15, 0.2) is 35.6 Å². The van der Waals surface area contributed by atoms with Crippen LogP contribution in [0, 0.1) is 0 Å². The Morgan fingerprint density at radius 1 is 1.83 bits per heavy atom. The van der Waals surface area contributed by atoms with Crippen LogP contribution in [-0.2, 0) is 4.79 Å². The van der Waals surface area contributed by atoms with E-state index in [1.54, 1.807) is 18.5 Å². The van der Waals surface area contributed by atoms with E-state index in [-0.39, 0.29) is 5.91 Å². The third kappa shape index (κ3) is 2.43. The van der Waals surface area contributed by atoms with Gasteiger partial charge in [-0.1, -0.05) is 6.58 Å². The van der Waals surface area contributed by atoms with E-state index in [4.69, 9.17) is 0 Å². The van der Waals surface area contributed by atoms with Gasteiger partial charge in [-0.2, -0.15) is 0 Å². The van der Waals surface area contributed by atoms with Crippen molar-refractivity contribution in [1.82, 2.24) is 16.0 Å². The van der Waals surface area contributed by atoms with Gasteiger partial charge in [-0.15, -0.1) is 0 Å². The molecule has 0 saturated carbocycles. The molecule has 12 heavy (non-hydrogen) atoms. The fraction of sp³-hybridized carbons (Fsp3) is 0. The lowest BCUT2D eigenvalue weighted by molar-refractivity contribution is -0.120. The number of halogens is 1. The quantitative estimate of drug-likeness (QED) is 0.689. The van der Waals surface area contributed by atoms with Crippen molar-refractivity contribution in [3.63, 3.8) is 0 Å². The van der Waals surface area contributed by atoms with Crippen LogP contribution in [0.1, 0.15) is 0 Å². The van der Waals surface area contributed by atoms with E-state index in [0.717, 1.165) is 4.48 Å². The van der Waals surface area contributed by atoms with Crippen molar-refractivity contribution in [2.45, 2.75) is 0 Å². The van der Waals surface area contributed by atoms with E-state index in [9.17, 15) is 4.79 Å². The van der Waals surface area contributed by atoms with Gasteiger partial charge in [0.25, 0.3) is 5.91 Å². The van der Waals surface area contributed by atoms with Gasteiger partial charge in [0.1, 0.15) is 0 Å². The third-order valence-corrected chi connectivity index (χ3v) is 1.63. The fourth-order valence-corrected chi connectivity index (χ4v) is 0.823. The fourth-order valence-electron chi connectivity index (χ4n) is 0.602. The summed E-state index contributed by atoms with van der Waals surface area (Å²) in [4.78, 5) is 10.8. The molecule has 2 N–H and O–H groups in total. The van der Waals surface area contributed by atoms with E-state index >= 15 is 0 Å². The molecule has 64 valence electrons. The van der Waals surface area contributed by atoms with Crippen LogP contribution in [0.3, 0.4) is 0 Å². The molecule has 5 heteroatoms. The molecule has 0 aromatic carbocycles. The number of allylic oxidation sites excluding steroid dienone is 2. The van der Waals surface area contributed by atoms with E-state index in [0.29, 0.717) is 0 Å². The van der Waals surface area contributed by atoms with E-state index in [2.05, 4.69) is 33.4 Å². The number of nitrogens with one attached hydrogen (secondary N) is 2. The summed E-state index contributed by atoms with van der Waals surface area (Å²) in [6.45, 7) is 3.33. The van der Waals surface area contributed by atoms with Crippen molar-refractivity contribution in [3.8, 4) is 0 Å². The maximum Gasteiger partial charge on any atom is 0.263 e. The SMILES string of the molecule is C=CC(=O)NN1C=CC(Br)=CN1. The molecular weight excluding hydrogens is 222 g/mol. The number of nitrogens with zero attached hydrogens (tertiary/aromatic N) is 1. The summed E-state index contributed by atoms with van der Waals surface area (Å²) in [7, 11) is 0. The molecule has 0 bridgehead atoms. The number of amides is 1. The largest absolute Gasteiger partial charge is 0.286 e. The second kappa shape index (κ2) is 3.96. The number of rotatable bonds is 2. The Morgan fingerprint density at radius 2 is 2.58 bits per heavy atom. The summed E-state index contributed by atoms with van der Waals surface area (Å²) >= 11 is 3.25. The van der Waals surface area contributed by atoms with Gasteiger partial charge in [-0.25, -0.2) is 10.5 Å². The Morgan fingerprint density at radius 3 is 3.08 bits per heavy atom. The molecule has 1 amide bonds. The van der Waals surface area contributed by atoms with Gasteiger partial charge in [0.2, 0.25) is 0 Å². The predicted molar refractivity (Wildman–Crippen MR) is 49.5 cm³/mol. The van der Waals surface area contributed by atoms with Crippen molar-refractivity contribution < 1.29 is 4.79 Å². The Kier molecular flexibility index (Phi) is 2.93. The molecule has 1 aliphatic heterocycles. The normalized spacial score (nSPS) is 14.8. The lowest BCUT2D eigenvalue weighted by Crippen LogP contribution is -2.45. The predicted octanol–water partition coefficient (Wildman–Crippen LogP) is 0.774. The van der Waals surface area contributed by atoms with Crippen molar-refractivity contribution in [2.75, 3.05) is 0 Å². The third-order valence-electron chi connectivity index (χ3n) is 1.14. The van der Waals surface area contributed by atoms with Gasteiger partial charge in [0.05, 0.1) is 0 Å². The maximum absolute atomic E-state index is 10.8. The molecule has 0 spiro atoms. The summed E-state index contributed by atoms with van der Waals surface area (Å²) < 4.78 is 0.909. The van der Waals surface area contributed by atoms with Gasteiger partial charge >= 0.3 is 0 Å². The minimum Gasteiger partial charge on any atom is -0.286 e. The van der Waals surface area contributed by atoms with Crippen molar-refractivity contribution in [2.24, 2.45) is 0 Å². The van der Waals surface area contributed by atoms with Crippen molar-refractivity contribution in [3.05, 3.63) is 35.6 Å². The van der Waals surface area contributed by atoms with Gasteiger partial charge in [-0.3, -0.25) is 10.2 Å². The van der Waals surface area contributed by atoms with Crippen LogP contribution in [0.25, 0.3) is 0 Å². The molecule has 0 fully saturated rings. The molecule has 0 unspecified atom stereocenters. The highest BCUT2D eigenvalue weighted by molar-refractivity contribution is 9.11. The highest BCUT2D eigenvalue weighted by atomic mass is 79.9. The minimum absolute atomic E-state index is 0.265. The summed E-state index contributed by atoms with van der Waals surface area (Å²) in [5, 5.41) is 1.43. The minimum atomic E-state index is -0.265. The van der Waals surface area contributed by atoms with E-state index in [1.807, 2.05) is 0 Å².